The lowest BCUT2D eigenvalue weighted by Gasteiger charge is -2.32. The van der Waals surface area contributed by atoms with Gasteiger partial charge in [0.25, 0.3) is 5.91 Å². The molecule has 3 heterocycles. The lowest BCUT2D eigenvalue weighted by atomic mass is 10.1. The lowest BCUT2D eigenvalue weighted by molar-refractivity contribution is -0.0627. The molecule has 1 atom stereocenters. The molecule has 2 aliphatic rings. The molecular formula is C30H34N4O6S2. The normalized spacial score (nSPS) is 18.5. The molecule has 2 saturated heterocycles. The molecule has 0 bridgehead atoms. The number of sulfonamides is 1. The fraction of sp³-hybridized carbons (Fsp3) is 0.400. The van der Waals surface area contributed by atoms with Crippen molar-refractivity contribution >= 4 is 53.4 Å². The highest BCUT2D eigenvalue weighted by Gasteiger charge is 2.28. The van der Waals surface area contributed by atoms with Crippen LogP contribution in [0.3, 0.4) is 0 Å². The van der Waals surface area contributed by atoms with Crippen molar-refractivity contribution in [2.45, 2.75) is 23.8 Å². The fourth-order valence-corrected chi connectivity index (χ4v) is 7.95. The summed E-state index contributed by atoms with van der Waals surface area (Å²) < 4.78 is 45.5. The minimum absolute atomic E-state index is 0.0379. The third kappa shape index (κ3) is 6.29. The Labute approximate surface area is 249 Å². The third-order valence-electron chi connectivity index (χ3n) is 7.62. The van der Waals surface area contributed by atoms with Crippen LogP contribution in [0.5, 0.6) is 5.75 Å². The van der Waals surface area contributed by atoms with Gasteiger partial charge in [0, 0.05) is 39.8 Å². The van der Waals surface area contributed by atoms with E-state index in [1.165, 1.54) is 15.6 Å². The van der Waals surface area contributed by atoms with Crippen LogP contribution in [0.25, 0.3) is 21.0 Å². The van der Waals surface area contributed by atoms with Crippen LogP contribution in [0.2, 0.25) is 0 Å². The molecule has 2 fully saturated rings. The summed E-state index contributed by atoms with van der Waals surface area (Å²) in [6.45, 7) is 4.96. The number of carbonyl (C=O) groups excluding carboxylic acids is 1. The summed E-state index contributed by atoms with van der Waals surface area (Å²) in [4.78, 5) is 20.6. The zero-order valence-corrected chi connectivity index (χ0v) is 25.1. The number of thiazole rings is 1. The number of fused-ring (bicyclic) bond motifs is 2. The quantitative estimate of drug-likeness (QED) is 0.284. The van der Waals surface area contributed by atoms with Gasteiger partial charge in [-0.2, -0.15) is 4.31 Å². The van der Waals surface area contributed by atoms with E-state index in [-0.39, 0.29) is 16.9 Å². The lowest BCUT2D eigenvalue weighted by Crippen LogP contribution is -2.45. The first-order valence-electron chi connectivity index (χ1n) is 14.1. The van der Waals surface area contributed by atoms with E-state index in [2.05, 4.69) is 15.2 Å². The number of amides is 1. The molecule has 3 aromatic carbocycles. The maximum Gasteiger partial charge on any atom is 0.261 e. The topological polar surface area (TPSA) is 110 Å². The zero-order chi connectivity index (χ0) is 29.1. The first kappa shape index (κ1) is 29.0. The molecule has 0 saturated carbocycles. The van der Waals surface area contributed by atoms with Gasteiger partial charge in [0.2, 0.25) is 10.0 Å². The van der Waals surface area contributed by atoms with Crippen molar-refractivity contribution in [2.24, 2.45) is 0 Å². The summed E-state index contributed by atoms with van der Waals surface area (Å²) in [5.41, 5.74) is 1.03. The van der Waals surface area contributed by atoms with Crippen molar-refractivity contribution in [3.05, 3.63) is 60.2 Å². The number of hydrogen-bond acceptors (Lipinski definition) is 9. The first-order valence-corrected chi connectivity index (χ1v) is 16.4. The molecule has 0 spiro atoms. The van der Waals surface area contributed by atoms with Crippen LogP contribution in [0.15, 0.2) is 59.5 Å². The van der Waals surface area contributed by atoms with Crippen LogP contribution in [0, 0.1) is 0 Å². The van der Waals surface area contributed by atoms with Gasteiger partial charge in [-0.15, -0.1) is 0 Å². The molecule has 1 N–H and O–H groups in total. The van der Waals surface area contributed by atoms with Crippen LogP contribution < -0.4 is 10.1 Å². The summed E-state index contributed by atoms with van der Waals surface area (Å²) in [6, 6.07) is 16.5. The van der Waals surface area contributed by atoms with Gasteiger partial charge in [0.15, 0.2) is 5.13 Å². The second kappa shape index (κ2) is 12.6. The standard InChI is InChI=1S/C30H34N4O6S2/c1-38-20-23-19-33(12-14-39-23)13-15-40-27-17-22-7-3-2-6-21(22)16-25(27)29(35)32-30-31-26-9-8-24(18-28(26)41-30)42(36,37)34-10-4-5-11-34/h2-3,6-9,16-18,23H,4-5,10-15,19-20H2,1H3,(H,31,32,35). The molecule has 1 aromatic heterocycles. The molecule has 0 radical (unpaired) electrons. The van der Waals surface area contributed by atoms with Gasteiger partial charge in [-0.3, -0.25) is 15.0 Å². The summed E-state index contributed by atoms with van der Waals surface area (Å²) in [7, 11) is -1.88. The predicted molar refractivity (Wildman–Crippen MR) is 163 cm³/mol. The van der Waals surface area contributed by atoms with E-state index in [9.17, 15) is 13.2 Å². The van der Waals surface area contributed by atoms with Crippen molar-refractivity contribution in [2.75, 3.05) is 65.0 Å². The summed E-state index contributed by atoms with van der Waals surface area (Å²) in [5.74, 6) is 0.152. The molecule has 222 valence electrons. The van der Waals surface area contributed by atoms with Crippen LogP contribution in [-0.4, -0.2) is 94.3 Å². The smallest absolute Gasteiger partial charge is 0.261 e. The van der Waals surface area contributed by atoms with E-state index >= 15 is 0 Å². The number of hydrogen-bond donors (Lipinski definition) is 1. The number of ether oxygens (including phenoxy) is 3. The predicted octanol–water partition coefficient (Wildman–Crippen LogP) is 4.21. The number of benzene rings is 3. The van der Waals surface area contributed by atoms with Gasteiger partial charge in [0.05, 0.1) is 40.0 Å². The third-order valence-corrected chi connectivity index (χ3v) is 10.4. The molecule has 4 aromatic rings. The van der Waals surface area contributed by atoms with Crippen LogP contribution in [0.1, 0.15) is 23.2 Å². The van der Waals surface area contributed by atoms with Crippen molar-refractivity contribution in [3.63, 3.8) is 0 Å². The molecule has 10 nitrogen and oxygen atoms in total. The number of methoxy groups -OCH3 is 1. The maximum atomic E-state index is 13.6. The number of nitrogens with zero attached hydrogens (tertiary/aromatic N) is 3. The Morgan fingerprint density at radius 3 is 2.67 bits per heavy atom. The molecular weight excluding hydrogens is 576 g/mol. The highest BCUT2D eigenvalue weighted by Crippen LogP contribution is 2.32. The molecule has 2 aliphatic heterocycles. The Bertz CT molecular complexity index is 1680. The van der Waals surface area contributed by atoms with E-state index in [0.717, 1.165) is 36.7 Å². The average molecular weight is 611 g/mol. The van der Waals surface area contributed by atoms with E-state index in [4.69, 9.17) is 14.2 Å². The van der Waals surface area contributed by atoms with Crippen molar-refractivity contribution in [1.29, 1.82) is 0 Å². The average Bonchev–Trinajstić information content (AvgIpc) is 3.67. The minimum Gasteiger partial charge on any atom is -0.491 e. The monoisotopic (exact) mass is 610 g/mol. The van der Waals surface area contributed by atoms with Gasteiger partial charge in [-0.25, -0.2) is 13.4 Å². The van der Waals surface area contributed by atoms with Crippen molar-refractivity contribution < 1.29 is 27.4 Å². The second-order valence-electron chi connectivity index (χ2n) is 10.5. The Kier molecular flexibility index (Phi) is 8.70. The number of morpholine rings is 1. The second-order valence-corrected chi connectivity index (χ2v) is 13.5. The summed E-state index contributed by atoms with van der Waals surface area (Å²) >= 11 is 1.25. The van der Waals surface area contributed by atoms with Crippen molar-refractivity contribution in [1.82, 2.24) is 14.2 Å². The van der Waals surface area contributed by atoms with Crippen LogP contribution in [-0.2, 0) is 19.5 Å². The minimum atomic E-state index is -3.54. The maximum absolute atomic E-state index is 13.6. The fourth-order valence-electron chi connectivity index (χ4n) is 5.43. The van der Waals surface area contributed by atoms with E-state index in [0.29, 0.717) is 66.1 Å². The summed E-state index contributed by atoms with van der Waals surface area (Å²) in [5, 5.41) is 5.20. The SMILES string of the molecule is COCC1CN(CCOc2cc3ccccc3cc2C(=O)Nc2nc3ccc(S(=O)(=O)N4CCCC4)cc3s2)CCO1. The number of aromatic nitrogens is 1. The molecule has 1 unspecified atom stereocenters. The Morgan fingerprint density at radius 1 is 1.10 bits per heavy atom. The molecule has 0 aliphatic carbocycles. The van der Waals surface area contributed by atoms with Gasteiger partial charge < -0.3 is 14.2 Å². The van der Waals surface area contributed by atoms with E-state index in [1.54, 1.807) is 25.3 Å². The number of carbonyl (C=O) groups is 1. The van der Waals surface area contributed by atoms with Gasteiger partial charge in [-0.05, 0) is 53.9 Å². The Morgan fingerprint density at radius 2 is 1.88 bits per heavy atom. The van der Waals surface area contributed by atoms with Gasteiger partial charge in [-0.1, -0.05) is 35.6 Å². The molecule has 6 rings (SSSR count). The largest absolute Gasteiger partial charge is 0.491 e. The molecule has 12 heteroatoms. The van der Waals surface area contributed by atoms with Crippen LogP contribution in [0.4, 0.5) is 5.13 Å². The number of rotatable bonds is 10. The molecule has 1 amide bonds. The number of nitrogens with one attached hydrogen (secondary N) is 1. The first-order chi connectivity index (χ1) is 20.4. The van der Waals surface area contributed by atoms with Crippen molar-refractivity contribution in [3.8, 4) is 5.75 Å². The van der Waals surface area contributed by atoms with Gasteiger partial charge >= 0.3 is 0 Å². The van der Waals surface area contributed by atoms with E-state index in [1.807, 2.05) is 36.4 Å². The Hall–Kier alpha value is -3.13. The van der Waals surface area contributed by atoms with Crippen LogP contribution >= 0.6 is 11.3 Å². The highest BCUT2D eigenvalue weighted by molar-refractivity contribution is 7.89. The van der Waals surface area contributed by atoms with Gasteiger partial charge in [0.1, 0.15) is 12.4 Å². The molecule has 42 heavy (non-hydrogen) atoms. The van der Waals surface area contributed by atoms with E-state index < -0.39 is 10.0 Å². The highest BCUT2D eigenvalue weighted by atomic mass is 32.2. The Balaban J connectivity index is 1.19. The summed E-state index contributed by atoms with van der Waals surface area (Å²) in [6.07, 6.45) is 1.79. The number of anilines is 1. The zero-order valence-electron chi connectivity index (χ0n) is 23.5.